The fraction of sp³-hybridized carbons (Fsp3) is 0.741. The van der Waals surface area contributed by atoms with Crippen LogP contribution >= 0.6 is 11.6 Å². The number of carbonyl (C=O) groups excluding carboxylic acids is 1. The number of esters is 1. The first-order valence-electron chi connectivity index (χ1n) is 13.4. The molecule has 0 aromatic heterocycles. The summed E-state index contributed by atoms with van der Waals surface area (Å²) >= 11 is 5.50. The molecule has 0 aliphatic carbocycles. The molecule has 10 nitrogen and oxygen atoms in total. The fourth-order valence-corrected chi connectivity index (χ4v) is 3.00. The van der Waals surface area contributed by atoms with Crippen LogP contribution in [0, 0.1) is 0 Å². The van der Waals surface area contributed by atoms with Crippen LogP contribution in [0.2, 0.25) is 0 Å². The highest BCUT2D eigenvalue weighted by Crippen LogP contribution is 2.10. The summed E-state index contributed by atoms with van der Waals surface area (Å²) in [6.45, 7) is 10.1. The van der Waals surface area contributed by atoms with Gasteiger partial charge in [-0.3, -0.25) is 0 Å². The van der Waals surface area contributed by atoms with Crippen LogP contribution in [0.5, 0.6) is 0 Å². The molecule has 0 aliphatic rings. The lowest BCUT2D eigenvalue weighted by Gasteiger charge is -2.09. The van der Waals surface area contributed by atoms with Crippen LogP contribution in [-0.4, -0.2) is 117 Å². The second-order valence-electron chi connectivity index (χ2n) is 7.97. The van der Waals surface area contributed by atoms with Gasteiger partial charge in [-0.05, 0) is 30.7 Å². The predicted octanol–water partition coefficient (Wildman–Crippen LogP) is 3.41. The minimum atomic E-state index is -0.357. The molecule has 1 aromatic carbocycles. The maximum Gasteiger partial charge on any atom is 0.338 e. The zero-order valence-electron chi connectivity index (χ0n) is 22.8. The summed E-state index contributed by atoms with van der Waals surface area (Å²) < 4.78 is 42.9. The Labute approximate surface area is 232 Å². The number of hydrogen-bond acceptors (Lipinski definition) is 10. The second-order valence-corrected chi connectivity index (χ2v) is 8.35. The largest absolute Gasteiger partial charge is 0.460 e. The molecule has 0 unspecified atom stereocenters. The lowest BCUT2D eigenvalue weighted by molar-refractivity contribution is -0.0219. The van der Waals surface area contributed by atoms with Crippen molar-refractivity contribution in [3.8, 4) is 0 Å². The van der Waals surface area contributed by atoms with E-state index >= 15 is 0 Å². The molecule has 220 valence electrons. The van der Waals surface area contributed by atoms with Crippen molar-refractivity contribution in [2.45, 2.75) is 19.8 Å². The maximum atomic E-state index is 12.1. The number of alkyl halides is 1. The van der Waals surface area contributed by atoms with Crippen LogP contribution in [0.15, 0.2) is 24.3 Å². The Hall–Kier alpha value is -1.50. The molecule has 0 atom stereocenters. The highest BCUT2D eigenvalue weighted by atomic mass is 35.5. The number of halogens is 1. The summed E-state index contributed by atoms with van der Waals surface area (Å²) in [5, 5.41) is 3.31. The SMILES string of the molecule is CCCCNc1ccc(C(=O)OCCOCCOCCOCCOCCOCCOCCOCCCl)cc1. The average Bonchev–Trinajstić information content (AvgIpc) is 2.94. The fourth-order valence-electron chi connectivity index (χ4n) is 2.89. The first kappa shape index (κ1) is 34.5. The molecule has 0 saturated heterocycles. The summed E-state index contributed by atoms with van der Waals surface area (Å²) in [6.07, 6.45) is 2.25. The van der Waals surface area contributed by atoms with E-state index in [0.29, 0.717) is 104 Å². The number of unbranched alkanes of at least 4 members (excludes halogenated alkanes) is 1. The van der Waals surface area contributed by atoms with Gasteiger partial charge in [0.15, 0.2) is 0 Å². The molecule has 0 fully saturated rings. The van der Waals surface area contributed by atoms with Crippen molar-refractivity contribution in [1.82, 2.24) is 0 Å². The van der Waals surface area contributed by atoms with Gasteiger partial charge in [-0.2, -0.15) is 0 Å². The zero-order chi connectivity index (χ0) is 27.4. The second kappa shape index (κ2) is 27.1. The van der Waals surface area contributed by atoms with Crippen molar-refractivity contribution in [2.24, 2.45) is 0 Å². The minimum Gasteiger partial charge on any atom is -0.460 e. The van der Waals surface area contributed by atoms with Crippen molar-refractivity contribution in [3.05, 3.63) is 29.8 Å². The smallest absolute Gasteiger partial charge is 0.338 e. The Morgan fingerprint density at radius 3 is 1.42 bits per heavy atom. The number of anilines is 1. The molecule has 0 saturated carbocycles. The number of ether oxygens (including phenoxy) is 8. The van der Waals surface area contributed by atoms with Crippen LogP contribution in [0.4, 0.5) is 5.69 Å². The average molecular weight is 564 g/mol. The summed E-state index contributed by atoms with van der Waals surface area (Å²) in [6, 6.07) is 7.29. The summed E-state index contributed by atoms with van der Waals surface area (Å²) in [5.41, 5.74) is 1.52. The van der Waals surface area contributed by atoms with Crippen LogP contribution in [0.25, 0.3) is 0 Å². The third kappa shape index (κ3) is 21.4. The van der Waals surface area contributed by atoms with E-state index in [1.165, 1.54) is 0 Å². The van der Waals surface area contributed by atoms with Gasteiger partial charge in [-0.1, -0.05) is 13.3 Å². The highest BCUT2D eigenvalue weighted by molar-refractivity contribution is 6.17. The monoisotopic (exact) mass is 563 g/mol. The van der Waals surface area contributed by atoms with Crippen LogP contribution in [0.1, 0.15) is 30.1 Å². The van der Waals surface area contributed by atoms with Crippen LogP contribution < -0.4 is 5.32 Å². The number of nitrogens with one attached hydrogen (secondary N) is 1. The topological polar surface area (TPSA) is 103 Å². The van der Waals surface area contributed by atoms with E-state index in [1.807, 2.05) is 12.1 Å². The molecule has 1 N–H and O–H groups in total. The summed E-state index contributed by atoms with van der Waals surface area (Å²) in [7, 11) is 0. The van der Waals surface area contributed by atoms with Gasteiger partial charge in [0.25, 0.3) is 0 Å². The Kier molecular flexibility index (Phi) is 24.6. The molecule has 0 spiro atoms. The van der Waals surface area contributed by atoms with E-state index in [4.69, 9.17) is 49.5 Å². The lowest BCUT2D eigenvalue weighted by Crippen LogP contribution is -2.15. The Balaban J connectivity index is 1.78. The zero-order valence-corrected chi connectivity index (χ0v) is 23.6. The van der Waals surface area contributed by atoms with Crippen molar-refractivity contribution in [3.63, 3.8) is 0 Å². The van der Waals surface area contributed by atoms with Gasteiger partial charge < -0.3 is 43.2 Å². The van der Waals surface area contributed by atoms with E-state index in [9.17, 15) is 4.79 Å². The van der Waals surface area contributed by atoms with Gasteiger partial charge in [-0.25, -0.2) is 4.79 Å². The number of carbonyl (C=O) groups is 1. The summed E-state index contributed by atoms with van der Waals surface area (Å²) in [4.78, 5) is 12.1. The molecule has 0 bridgehead atoms. The molecule has 0 heterocycles. The number of hydrogen-bond donors (Lipinski definition) is 1. The minimum absolute atomic E-state index is 0.197. The van der Waals surface area contributed by atoms with Gasteiger partial charge in [-0.15, -0.1) is 11.6 Å². The quantitative estimate of drug-likeness (QED) is 0.0926. The Morgan fingerprint density at radius 2 is 1.03 bits per heavy atom. The van der Waals surface area contributed by atoms with Crippen molar-refractivity contribution in [1.29, 1.82) is 0 Å². The molecule has 11 heteroatoms. The lowest BCUT2D eigenvalue weighted by atomic mass is 10.2. The molecule has 0 aliphatic heterocycles. The van der Waals surface area contributed by atoms with E-state index in [1.54, 1.807) is 12.1 Å². The summed E-state index contributed by atoms with van der Waals surface area (Å²) in [5.74, 6) is 0.138. The van der Waals surface area contributed by atoms with Crippen molar-refractivity contribution in [2.75, 3.05) is 117 Å². The molecule has 1 aromatic rings. The first-order chi connectivity index (χ1) is 18.8. The first-order valence-corrected chi connectivity index (χ1v) is 13.9. The Bertz CT molecular complexity index is 652. The van der Waals surface area contributed by atoms with Gasteiger partial charge >= 0.3 is 5.97 Å². The molecule has 0 radical (unpaired) electrons. The molecule has 0 amide bonds. The molecular weight excluding hydrogens is 518 g/mol. The van der Waals surface area contributed by atoms with Crippen molar-refractivity contribution < 1.29 is 42.7 Å². The Morgan fingerprint density at radius 1 is 0.632 bits per heavy atom. The molecule has 1 rings (SSSR count). The van der Waals surface area contributed by atoms with Gasteiger partial charge in [0.05, 0.1) is 98.1 Å². The third-order valence-corrected chi connectivity index (χ3v) is 5.05. The van der Waals surface area contributed by atoms with E-state index in [2.05, 4.69) is 12.2 Å². The van der Waals surface area contributed by atoms with Gasteiger partial charge in [0, 0.05) is 18.1 Å². The third-order valence-electron chi connectivity index (χ3n) is 4.89. The van der Waals surface area contributed by atoms with E-state index < -0.39 is 0 Å². The van der Waals surface area contributed by atoms with Gasteiger partial charge in [0.2, 0.25) is 0 Å². The molecular formula is C27H46ClNO9. The van der Waals surface area contributed by atoms with E-state index in [-0.39, 0.29) is 12.6 Å². The highest BCUT2D eigenvalue weighted by Gasteiger charge is 2.06. The normalized spacial score (nSPS) is 11.1. The van der Waals surface area contributed by atoms with Crippen molar-refractivity contribution >= 4 is 23.3 Å². The predicted molar refractivity (Wildman–Crippen MR) is 147 cm³/mol. The number of rotatable bonds is 28. The van der Waals surface area contributed by atoms with Crippen LogP contribution in [0.3, 0.4) is 0 Å². The van der Waals surface area contributed by atoms with E-state index in [0.717, 1.165) is 25.1 Å². The standard InChI is InChI=1S/C27H46ClNO9/c1-2-3-9-29-26-6-4-25(5-7-26)27(30)38-24-23-37-22-21-36-20-19-35-18-17-34-16-15-33-14-13-32-12-11-31-10-8-28/h4-7,29H,2-3,8-24H2,1H3. The van der Waals surface area contributed by atoms with Gasteiger partial charge in [0.1, 0.15) is 6.61 Å². The molecule has 38 heavy (non-hydrogen) atoms. The number of benzene rings is 1. The maximum absolute atomic E-state index is 12.1. The van der Waals surface area contributed by atoms with Crippen LogP contribution in [-0.2, 0) is 37.9 Å².